The number of hydrogen-bond donors (Lipinski definition) is 0. The average molecular weight is 755 g/mol. The standard InChI is InChI=1S/C55H38N2Si/c1-5-17-39(18-6-1)57-54-34-30-40(56-52-27-15-13-25-46(52)47-26-14-16-28-53(47)56)36-50(54)48-33-32-45-49-37-44(31-29-38(49)35-51(45)55(48)57)58(41-19-7-2-8-20-41,42-21-9-3-10-22-42)43-23-11-4-12-24-43/h1-34,36-37H,35H2. The molecule has 0 N–H and O–H groups in total. The molecule has 0 saturated carbocycles. The first kappa shape index (κ1) is 33.0. The van der Waals surface area contributed by atoms with Gasteiger partial charge in [-0.15, -0.1) is 0 Å². The topological polar surface area (TPSA) is 9.86 Å². The summed E-state index contributed by atoms with van der Waals surface area (Å²) in [4.78, 5) is 0. The third-order valence-electron chi connectivity index (χ3n) is 12.7. The molecule has 11 aromatic rings. The molecule has 0 saturated heterocycles. The molecule has 0 aliphatic heterocycles. The second-order valence-corrected chi connectivity index (χ2v) is 19.4. The molecular formula is C55H38N2Si. The molecule has 1 aliphatic rings. The van der Waals surface area contributed by atoms with E-state index < -0.39 is 8.07 Å². The number of aromatic nitrogens is 2. The van der Waals surface area contributed by atoms with Gasteiger partial charge in [-0.25, -0.2) is 0 Å². The monoisotopic (exact) mass is 754 g/mol. The summed E-state index contributed by atoms with van der Waals surface area (Å²) < 4.78 is 4.95. The first-order valence-corrected chi connectivity index (χ1v) is 22.2. The van der Waals surface area contributed by atoms with Gasteiger partial charge in [-0.05, 0) is 85.5 Å². The maximum absolute atomic E-state index is 2.69. The van der Waals surface area contributed by atoms with E-state index in [1.54, 1.807) is 0 Å². The summed E-state index contributed by atoms with van der Waals surface area (Å²) in [5.74, 6) is 0. The molecule has 3 heteroatoms. The molecule has 2 aromatic heterocycles. The molecule has 2 nitrogen and oxygen atoms in total. The predicted octanol–water partition coefficient (Wildman–Crippen LogP) is 10.8. The van der Waals surface area contributed by atoms with Crippen molar-refractivity contribution < 1.29 is 0 Å². The highest BCUT2D eigenvalue weighted by atomic mass is 28.3. The highest BCUT2D eigenvalue weighted by Gasteiger charge is 2.42. The van der Waals surface area contributed by atoms with E-state index in [1.165, 1.54) is 98.0 Å². The van der Waals surface area contributed by atoms with Crippen LogP contribution in [0.1, 0.15) is 11.1 Å². The summed E-state index contributed by atoms with van der Waals surface area (Å²) in [5, 5.41) is 10.7. The summed E-state index contributed by atoms with van der Waals surface area (Å²) in [6.45, 7) is 0. The number of fused-ring (bicyclic) bond motifs is 10. The van der Waals surface area contributed by atoms with Gasteiger partial charge in [0, 0.05) is 39.3 Å². The predicted molar refractivity (Wildman–Crippen MR) is 247 cm³/mol. The van der Waals surface area contributed by atoms with Crippen molar-refractivity contribution in [2.75, 3.05) is 0 Å². The van der Waals surface area contributed by atoms with E-state index in [9.17, 15) is 0 Å². The summed E-state index contributed by atoms with van der Waals surface area (Å²) >= 11 is 0. The van der Waals surface area contributed by atoms with Crippen molar-refractivity contribution in [2.24, 2.45) is 0 Å². The Hall–Kier alpha value is -7.20. The quantitative estimate of drug-likeness (QED) is 0.118. The minimum Gasteiger partial charge on any atom is -0.309 e. The summed E-state index contributed by atoms with van der Waals surface area (Å²) in [6, 6.07) is 81.5. The van der Waals surface area contributed by atoms with Crippen LogP contribution in [0.15, 0.2) is 218 Å². The Morgan fingerprint density at radius 2 is 0.862 bits per heavy atom. The Bertz CT molecular complexity index is 3190. The fourth-order valence-electron chi connectivity index (χ4n) is 10.3. The first-order valence-electron chi connectivity index (χ1n) is 20.2. The Labute approximate surface area is 338 Å². The van der Waals surface area contributed by atoms with Crippen LogP contribution in [0, 0.1) is 0 Å². The van der Waals surface area contributed by atoms with Crippen LogP contribution in [0.4, 0.5) is 0 Å². The fraction of sp³-hybridized carbons (Fsp3) is 0.0182. The van der Waals surface area contributed by atoms with Crippen molar-refractivity contribution in [1.29, 1.82) is 0 Å². The number of para-hydroxylation sites is 3. The number of benzene rings is 9. The van der Waals surface area contributed by atoms with Gasteiger partial charge in [0.1, 0.15) is 0 Å². The maximum Gasteiger partial charge on any atom is 0.179 e. The number of rotatable bonds is 6. The van der Waals surface area contributed by atoms with Gasteiger partial charge in [0.15, 0.2) is 8.07 Å². The summed E-state index contributed by atoms with van der Waals surface area (Å²) in [5.41, 5.74) is 12.8. The van der Waals surface area contributed by atoms with Crippen LogP contribution in [-0.2, 0) is 6.42 Å². The van der Waals surface area contributed by atoms with Gasteiger partial charge in [-0.2, -0.15) is 0 Å². The van der Waals surface area contributed by atoms with Crippen LogP contribution in [0.5, 0.6) is 0 Å². The van der Waals surface area contributed by atoms with E-state index in [1.807, 2.05) is 0 Å². The molecule has 58 heavy (non-hydrogen) atoms. The van der Waals surface area contributed by atoms with E-state index in [-0.39, 0.29) is 0 Å². The molecule has 2 heterocycles. The Balaban J connectivity index is 1.11. The van der Waals surface area contributed by atoms with Gasteiger partial charge >= 0.3 is 0 Å². The van der Waals surface area contributed by atoms with Gasteiger partial charge < -0.3 is 9.13 Å². The molecule has 272 valence electrons. The highest BCUT2D eigenvalue weighted by molar-refractivity contribution is 7.19. The van der Waals surface area contributed by atoms with E-state index >= 15 is 0 Å². The molecule has 0 atom stereocenters. The SMILES string of the molecule is c1ccc(-n2c3ccc(-n4c5ccccc5c5ccccc54)cc3c3ccc4c(c32)Cc2ccc([Si](c3ccccc3)(c3ccccc3)c3ccccc3)cc2-4)cc1. The van der Waals surface area contributed by atoms with E-state index in [0.717, 1.165) is 6.42 Å². The number of hydrogen-bond acceptors (Lipinski definition) is 0. The second kappa shape index (κ2) is 12.9. The molecule has 9 aromatic carbocycles. The van der Waals surface area contributed by atoms with Crippen molar-refractivity contribution in [2.45, 2.75) is 6.42 Å². The highest BCUT2D eigenvalue weighted by Crippen LogP contribution is 2.45. The molecule has 0 spiro atoms. The molecule has 0 unspecified atom stereocenters. The zero-order chi connectivity index (χ0) is 38.2. The van der Waals surface area contributed by atoms with Crippen molar-refractivity contribution in [1.82, 2.24) is 9.13 Å². The molecule has 1 aliphatic carbocycles. The smallest absolute Gasteiger partial charge is 0.179 e. The maximum atomic E-state index is 2.56. The van der Waals surface area contributed by atoms with Gasteiger partial charge in [0.05, 0.1) is 22.1 Å². The van der Waals surface area contributed by atoms with Crippen LogP contribution in [0.2, 0.25) is 0 Å². The van der Waals surface area contributed by atoms with Crippen LogP contribution in [0.25, 0.3) is 66.1 Å². The second-order valence-electron chi connectivity index (χ2n) is 15.6. The van der Waals surface area contributed by atoms with Gasteiger partial charge in [0.2, 0.25) is 0 Å². The molecule has 12 rings (SSSR count). The third-order valence-corrected chi connectivity index (χ3v) is 17.5. The lowest BCUT2D eigenvalue weighted by molar-refractivity contribution is 1.15. The third kappa shape index (κ3) is 4.71. The lowest BCUT2D eigenvalue weighted by Gasteiger charge is -2.34. The van der Waals surface area contributed by atoms with Crippen LogP contribution in [0.3, 0.4) is 0 Å². The minimum atomic E-state index is -2.69. The summed E-state index contributed by atoms with van der Waals surface area (Å²) in [6.07, 6.45) is 0.891. The molecular weight excluding hydrogens is 717 g/mol. The molecule has 0 fully saturated rings. The van der Waals surface area contributed by atoms with E-state index in [0.29, 0.717) is 0 Å². The van der Waals surface area contributed by atoms with Crippen molar-refractivity contribution in [3.63, 3.8) is 0 Å². The van der Waals surface area contributed by atoms with Crippen LogP contribution in [-0.4, -0.2) is 17.2 Å². The fourth-order valence-corrected chi connectivity index (χ4v) is 15.0. The largest absolute Gasteiger partial charge is 0.309 e. The van der Waals surface area contributed by atoms with Crippen molar-refractivity contribution >= 4 is 72.4 Å². The van der Waals surface area contributed by atoms with Crippen LogP contribution >= 0.6 is 0 Å². The first-order chi connectivity index (χ1) is 28.8. The molecule has 0 amide bonds. The van der Waals surface area contributed by atoms with Crippen molar-refractivity contribution in [3.8, 4) is 22.5 Å². The van der Waals surface area contributed by atoms with E-state index in [2.05, 4.69) is 228 Å². The molecule has 0 radical (unpaired) electrons. The van der Waals surface area contributed by atoms with Gasteiger partial charge in [-0.1, -0.05) is 176 Å². The lowest BCUT2D eigenvalue weighted by atomic mass is 10.0. The Morgan fingerprint density at radius 3 is 1.47 bits per heavy atom. The average Bonchev–Trinajstić information content (AvgIpc) is 3.95. The zero-order valence-corrected chi connectivity index (χ0v) is 32.9. The number of nitrogens with zero attached hydrogens (tertiary/aromatic N) is 2. The van der Waals surface area contributed by atoms with Gasteiger partial charge in [-0.3, -0.25) is 0 Å². The Kier molecular flexibility index (Phi) is 7.35. The normalized spacial score (nSPS) is 12.4. The van der Waals surface area contributed by atoms with Crippen molar-refractivity contribution in [3.05, 3.63) is 230 Å². The minimum absolute atomic E-state index is 0.891. The van der Waals surface area contributed by atoms with Gasteiger partial charge in [0.25, 0.3) is 0 Å². The lowest BCUT2D eigenvalue weighted by Crippen LogP contribution is -2.74. The van der Waals surface area contributed by atoms with Crippen LogP contribution < -0.4 is 20.7 Å². The zero-order valence-electron chi connectivity index (χ0n) is 31.9. The Morgan fingerprint density at radius 1 is 0.328 bits per heavy atom. The molecule has 0 bridgehead atoms. The van der Waals surface area contributed by atoms with E-state index in [4.69, 9.17) is 0 Å². The summed E-state index contributed by atoms with van der Waals surface area (Å²) in [7, 11) is -2.69.